The van der Waals surface area contributed by atoms with Crippen molar-refractivity contribution < 1.29 is 0 Å². The molecule has 2 fully saturated rings. The van der Waals surface area contributed by atoms with E-state index in [1.807, 2.05) is 12.3 Å². The van der Waals surface area contributed by atoms with Gasteiger partial charge in [0.25, 0.3) is 0 Å². The van der Waals surface area contributed by atoms with Gasteiger partial charge in [-0.2, -0.15) is 0 Å². The first kappa shape index (κ1) is 12.1. The highest BCUT2D eigenvalue weighted by atomic mass is 15.0. The van der Waals surface area contributed by atoms with E-state index >= 15 is 0 Å². The molecule has 2 saturated carbocycles. The van der Waals surface area contributed by atoms with Gasteiger partial charge in [0.15, 0.2) is 0 Å². The normalized spacial score (nSPS) is 37.1. The third-order valence-corrected chi connectivity index (χ3v) is 5.40. The zero-order valence-corrected chi connectivity index (χ0v) is 11.6. The van der Waals surface area contributed by atoms with Crippen molar-refractivity contribution in [2.24, 2.45) is 16.7 Å². The average molecular weight is 245 g/mol. The van der Waals surface area contributed by atoms with Crippen molar-refractivity contribution in [3.8, 4) is 0 Å². The van der Waals surface area contributed by atoms with Crippen molar-refractivity contribution in [2.45, 2.75) is 52.6 Å². The van der Waals surface area contributed by atoms with Gasteiger partial charge in [-0.25, -0.2) is 9.97 Å². The molecular weight excluding hydrogens is 222 g/mol. The van der Waals surface area contributed by atoms with E-state index in [-0.39, 0.29) is 0 Å². The van der Waals surface area contributed by atoms with Crippen LogP contribution < -0.4 is 5.32 Å². The molecule has 0 aromatic carbocycles. The maximum atomic E-state index is 4.30. The molecule has 3 nitrogen and oxygen atoms in total. The summed E-state index contributed by atoms with van der Waals surface area (Å²) in [4.78, 5) is 8.27. The first-order valence-electron chi connectivity index (χ1n) is 7.01. The number of hydrogen-bond donors (Lipinski definition) is 1. The van der Waals surface area contributed by atoms with Gasteiger partial charge in [-0.15, -0.1) is 0 Å². The molecule has 1 heterocycles. The van der Waals surface area contributed by atoms with E-state index in [0.717, 1.165) is 18.2 Å². The quantitative estimate of drug-likeness (QED) is 0.890. The van der Waals surface area contributed by atoms with Crippen molar-refractivity contribution in [2.75, 3.05) is 0 Å². The molecule has 2 aliphatic rings. The molecule has 0 radical (unpaired) electrons. The molecule has 3 heteroatoms. The first-order valence-corrected chi connectivity index (χ1v) is 7.01. The van der Waals surface area contributed by atoms with E-state index in [4.69, 9.17) is 0 Å². The number of nitrogens with zero attached hydrogens (tertiary/aromatic N) is 2. The molecule has 98 valence electrons. The standard InChI is InChI=1S/C15H23N3/c1-14(2)11-4-6-15(3,8-11)13(14)17-9-12-5-7-16-10-18-12/h5,7,10-11,13,17H,4,6,8-9H2,1-3H3. The highest BCUT2D eigenvalue weighted by Crippen LogP contribution is 2.62. The second kappa shape index (κ2) is 4.02. The highest BCUT2D eigenvalue weighted by molar-refractivity contribution is 5.12. The van der Waals surface area contributed by atoms with Gasteiger partial charge in [0.2, 0.25) is 0 Å². The van der Waals surface area contributed by atoms with Gasteiger partial charge in [-0.1, -0.05) is 20.8 Å². The third-order valence-electron chi connectivity index (χ3n) is 5.40. The molecule has 3 unspecified atom stereocenters. The van der Waals surface area contributed by atoms with Crippen molar-refractivity contribution in [3.63, 3.8) is 0 Å². The number of nitrogens with one attached hydrogen (secondary N) is 1. The SMILES string of the molecule is CC12CCC(C1)C(C)(C)C2NCc1ccncn1. The van der Waals surface area contributed by atoms with Crippen LogP contribution >= 0.6 is 0 Å². The summed E-state index contributed by atoms with van der Waals surface area (Å²) in [7, 11) is 0. The van der Waals surface area contributed by atoms with E-state index in [1.54, 1.807) is 6.33 Å². The lowest BCUT2D eigenvalue weighted by molar-refractivity contribution is 0.107. The highest BCUT2D eigenvalue weighted by Gasteiger charge is 2.58. The Morgan fingerprint density at radius 1 is 1.39 bits per heavy atom. The zero-order valence-electron chi connectivity index (χ0n) is 11.6. The Hall–Kier alpha value is -0.960. The predicted octanol–water partition coefficient (Wildman–Crippen LogP) is 2.78. The molecule has 0 aliphatic heterocycles. The summed E-state index contributed by atoms with van der Waals surface area (Å²) < 4.78 is 0. The summed E-state index contributed by atoms with van der Waals surface area (Å²) in [5, 5.41) is 3.77. The van der Waals surface area contributed by atoms with Crippen LogP contribution in [0.4, 0.5) is 0 Å². The largest absolute Gasteiger partial charge is 0.307 e. The Labute approximate surface area is 109 Å². The fraction of sp³-hybridized carbons (Fsp3) is 0.733. The van der Waals surface area contributed by atoms with E-state index in [1.165, 1.54) is 19.3 Å². The van der Waals surface area contributed by atoms with Crippen LogP contribution in [-0.2, 0) is 6.54 Å². The molecule has 0 saturated heterocycles. The van der Waals surface area contributed by atoms with Gasteiger partial charge in [0, 0.05) is 18.8 Å². The topological polar surface area (TPSA) is 37.8 Å². The fourth-order valence-electron chi connectivity index (χ4n) is 4.44. The first-order chi connectivity index (χ1) is 8.52. The maximum Gasteiger partial charge on any atom is 0.115 e. The van der Waals surface area contributed by atoms with Gasteiger partial charge in [-0.3, -0.25) is 0 Å². The molecule has 3 atom stereocenters. The van der Waals surface area contributed by atoms with E-state index in [0.29, 0.717) is 16.9 Å². The Bertz CT molecular complexity index is 424. The molecule has 18 heavy (non-hydrogen) atoms. The summed E-state index contributed by atoms with van der Waals surface area (Å²) in [5.41, 5.74) is 1.99. The van der Waals surface area contributed by atoms with Crippen LogP contribution in [0.3, 0.4) is 0 Å². The molecule has 2 aliphatic carbocycles. The Balaban J connectivity index is 1.73. The van der Waals surface area contributed by atoms with Gasteiger partial charge >= 0.3 is 0 Å². The van der Waals surface area contributed by atoms with Crippen LogP contribution in [0.1, 0.15) is 45.7 Å². The molecule has 0 amide bonds. The molecular formula is C15H23N3. The van der Waals surface area contributed by atoms with Gasteiger partial charge in [0.1, 0.15) is 6.33 Å². The average Bonchev–Trinajstić information content (AvgIpc) is 2.81. The molecule has 0 spiro atoms. The van der Waals surface area contributed by atoms with Crippen LogP contribution in [0.5, 0.6) is 0 Å². The Kier molecular flexibility index (Phi) is 2.70. The second-order valence-corrected chi connectivity index (χ2v) is 6.93. The number of hydrogen-bond acceptors (Lipinski definition) is 3. The zero-order chi connectivity index (χ0) is 12.8. The lowest BCUT2D eigenvalue weighted by atomic mass is 9.68. The lowest BCUT2D eigenvalue weighted by Crippen LogP contribution is -2.50. The summed E-state index contributed by atoms with van der Waals surface area (Å²) >= 11 is 0. The molecule has 1 aromatic rings. The van der Waals surface area contributed by atoms with E-state index in [2.05, 4.69) is 36.1 Å². The summed E-state index contributed by atoms with van der Waals surface area (Å²) in [6, 6.07) is 2.61. The minimum Gasteiger partial charge on any atom is -0.307 e. The third kappa shape index (κ3) is 1.76. The Morgan fingerprint density at radius 2 is 2.22 bits per heavy atom. The number of aromatic nitrogens is 2. The van der Waals surface area contributed by atoms with E-state index < -0.39 is 0 Å². The number of rotatable bonds is 3. The van der Waals surface area contributed by atoms with Crippen molar-refractivity contribution in [1.29, 1.82) is 0 Å². The summed E-state index contributed by atoms with van der Waals surface area (Å²) in [6.07, 6.45) is 7.63. The predicted molar refractivity (Wildman–Crippen MR) is 71.9 cm³/mol. The Morgan fingerprint density at radius 3 is 2.83 bits per heavy atom. The maximum absolute atomic E-state index is 4.30. The van der Waals surface area contributed by atoms with Crippen LogP contribution in [-0.4, -0.2) is 16.0 Å². The monoisotopic (exact) mass is 245 g/mol. The van der Waals surface area contributed by atoms with Crippen LogP contribution in [0, 0.1) is 16.7 Å². The fourth-order valence-corrected chi connectivity index (χ4v) is 4.44. The molecule has 1 N–H and O–H groups in total. The molecule has 2 bridgehead atoms. The van der Waals surface area contributed by atoms with Gasteiger partial charge in [-0.05, 0) is 42.1 Å². The van der Waals surface area contributed by atoms with Gasteiger partial charge < -0.3 is 5.32 Å². The lowest BCUT2D eigenvalue weighted by Gasteiger charge is -2.43. The van der Waals surface area contributed by atoms with Crippen LogP contribution in [0.25, 0.3) is 0 Å². The molecule has 3 rings (SSSR count). The minimum atomic E-state index is 0.417. The van der Waals surface area contributed by atoms with E-state index in [9.17, 15) is 0 Å². The summed E-state index contributed by atoms with van der Waals surface area (Å²) in [5.74, 6) is 0.894. The van der Waals surface area contributed by atoms with Crippen molar-refractivity contribution in [3.05, 3.63) is 24.3 Å². The smallest absolute Gasteiger partial charge is 0.115 e. The van der Waals surface area contributed by atoms with Crippen molar-refractivity contribution in [1.82, 2.24) is 15.3 Å². The number of fused-ring (bicyclic) bond motifs is 2. The van der Waals surface area contributed by atoms with Crippen LogP contribution in [0.2, 0.25) is 0 Å². The molecule has 1 aromatic heterocycles. The second-order valence-electron chi connectivity index (χ2n) is 6.93. The van der Waals surface area contributed by atoms with Crippen molar-refractivity contribution >= 4 is 0 Å². The van der Waals surface area contributed by atoms with Crippen LogP contribution in [0.15, 0.2) is 18.6 Å². The minimum absolute atomic E-state index is 0.417. The summed E-state index contributed by atoms with van der Waals surface area (Å²) in [6.45, 7) is 8.18. The van der Waals surface area contributed by atoms with Gasteiger partial charge in [0.05, 0.1) is 5.69 Å².